The summed E-state index contributed by atoms with van der Waals surface area (Å²) in [6.45, 7) is 2.77. The van der Waals surface area contributed by atoms with E-state index in [1.165, 1.54) is 12.8 Å². The molecule has 1 amide bonds. The highest BCUT2D eigenvalue weighted by Gasteiger charge is 2.14. The summed E-state index contributed by atoms with van der Waals surface area (Å²) in [5.74, 6) is 0.862. The Morgan fingerprint density at radius 2 is 2.29 bits per heavy atom. The zero-order chi connectivity index (χ0) is 11.9. The standard InChI is InChI=1S/C13H20N2O2/c16-13(15-9-12-5-8-17-10-12)2-1-11-3-6-14-7-4-11/h5,8,10-11,14H,1-4,6-7,9H2,(H,15,16). The molecule has 2 rings (SSSR count). The lowest BCUT2D eigenvalue weighted by Crippen LogP contribution is -2.29. The van der Waals surface area contributed by atoms with Crippen LogP contribution in [0.3, 0.4) is 0 Å². The molecule has 0 spiro atoms. The summed E-state index contributed by atoms with van der Waals surface area (Å²) in [6, 6.07) is 1.87. The SMILES string of the molecule is O=C(CCC1CCNCC1)NCc1ccoc1. The van der Waals surface area contributed by atoms with Crippen LogP contribution in [0.5, 0.6) is 0 Å². The van der Waals surface area contributed by atoms with E-state index >= 15 is 0 Å². The number of rotatable bonds is 5. The van der Waals surface area contributed by atoms with Gasteiger partial charge >= 0.3 is 0 Å². The van der Waals surface area contributed by atoms with E-state index in [0.29, 0.717) is 13.0 Å². The molecule has 2 N–H and O–H groups in total. The van der Waals surface area contributed by atoms with E-state index in [9.17, 15) is 4.79 Å². The highest BCUT2D eigenvalue weighted by molar-refractivity contribution is 5.75. The molecule has 0 bridgehead atoms. The van der Waals surface area contributed by atoms with E-state index in [-0.39, 0.29) is 5.91 Å². The number of amides is 1. The Kier molecular flexibility index (Phi) is 4.62. The third-order valence-corrected chi connectivity index (χ3v) is 3.31. The quantitative estimate of drug-likeness (QED) is 0.817. The van der Waals surface area contributed by atoms with Gasteiger partial charge in [0.05, 0.1) is 12.5 Å². The van der Waals surface area contributed by atoms with Gasteiger partial charge < -0.3 is 15.1 Å². The first-order valence-electron chi connectivity index (χ1n) is 6.33. The summed E-state index contributed by atoms with van der Waals surface area (Å²) in [4.78, 5) is 11.6. The Morgan fingerprint density at radius 1 is 1.47 bits per heavy atom. The number of nitrogens with one attached hydrogen (secondary N) is 2. The number of furan rings is 1. The minimum atomic E-state index is 0.143. The molecule has 2 heterocycles. The van der Waals surface area contributed by atoms with Crippen molar-refractivity contribution in [2.75, 3.05) is 13.1 Å². The van der Waals surface area contributed by atoms with Crippen LogP contribution < -0.4 is 10.6 Å². The second-order valence-corrected chi connectivity index (χ2v) is 4.64. The predicted octanol–water partition coefficient (Wildman–Crippen LogP) is 1.68. The fourth-order valence-corrected chi connectivity index (χ4v) is 2.19. The molecule has 1 fully saturated rings. The molecule has 0 aromatic carbocycles. The van der Waals surface area contributed by atoms with Gasteiger partial charge in [0.2, 0.25) is 5.91 Å². The molecule has 1 aliphatic heterocycles. The van der Waals surface area contributed by atoms with Gasteiger partial charge in [0.1, 0.15) is 0 Å². The Morgan fingerprint density at radius 3 is 3.00 bits per heavy atom. The molecule has 0 aliphatic carbocycles. The summed E-state index contributed by atoms with van der Waals surface area (Å²) >= 11 is 0. The van der Waals surface area contributed by atoms with Crippen molar-refractivity contribution in [2.24, 2.45) is 5.92 Å². The first-order chi connectivity index (χ1) is 8.34. The van der Waals surface area contributed by atoms with Crippen molar-refractivity contribution in [3.05, 3.63) is 24.2 Å². The lowest BCUT2D eigenvalue weighted by atomic mass is 9.93. The molecular formula is C13H20N2O2. The minimum Gasteiger partial charge on any atom is -0.472 e. The maximum atomic E-state index is 11.6. The highest BCUT2D eigenvalue weighted by atomic mass is 16.3. The summed E-state index contributed by atoms with van der Waals surface area (Å²) < 4.78 is 4.94. The van der Waals surface area contributed by atoms with E-state index in [0.717, 1.165) is 31.0 Å². The van der Waals surface area contributed by atoms with Crippen LogP contribution in [-0.4, -0.2) is 19.0 Å². The molecule has 17 heavy (non-hydrogen) atoms. The number of carbonyl (C=O) groups is 1. The van der Waals surface area contributed by atoms with Crippen LogP contribution >= 0.6 is 0 Å². The summed E-state index contributed by atoms with van der Waals surface area (Å²) in [7, 11) is 0. The molecule has 94 valence electrons. The molecule has 4 nitrogen and oxygen atoms in total. The molecule has 0 saturated carbocycles. The minimum absolute atomic E-state index is 0.143. The molecule has 0 unspecified atom stereocenters. The van der Waals surface area contributed by atoms with Gasteiger partial charge in [-0.1, -0.05) is 0 Å². The second-order valence-electron chi connectivity index (χ2n) is 4.64. The Bertz CT molecular complexity index is 329. The summed E-state index contributed by atoms with van der Waals surface area (Å²) in [5.41, 5.74) is 1.01. The van der Waals surface area contributed by atoms with Crippen molar-refractivity contribution in [3.8, 4) is 0 Å². The molecule has 1 aromatic rings. The molecule has 1 saturated heterocycles. The van der Waals surface area contributed by atoms with Crippen molar-refractivity contribution < 1.29 is 9.21 Å². The van der Waals surface area contributed by atoms with E-state index in [1.807, 2.05) is 6.07 Å². The zero-order valence-corrected chi connectivity index (χ0v) is 10.1. The molecule has 0 radical (unpaired) electrons. The lowest BCUT2D eigenvalue weighted by Gasteiger charge is -2.22. The van der Waals surface area contributed by atoms with E-state index in [2.05, 4.69) is 10.6 Å². The second kappa shape index (κ2) is 6.45. The van der Waals surface area contributed by atoms with Crippen LogP contribution in [0.4, 0.5) is 0 Å². The monoisotopic (exact) mass is 236 g/mol. The third-order valence-electron chi connectivity index (χ3n) is 3.31. The van der Waals surface area contributed by atoms with Gasteiger partial charge in [0, 0.05) is 18.5 Å². The third kappa shape index (κ3) is 4.23. The average molecular weight is 236 g/mol. The van der Waals surface area contributed by atoms with Crippen LogP contribution in [0, 0.1) is 5.92 Å². The van der Waals surface area contributed by atoms with Crippen molar-refractivity contribution >= 4 is 5.91 Å². The fourth-order valence-electron chi connectivity index (χ4n) is 2.19. The maximum Gasteiger partial charge on any atom is 0.220 e. The van der Waals surface area contributed by atoms with E-state index < -0.39 is 0 Å². The Hall–Kier alpha value is -1.29. The van der Waals surface area contributed by atoms with Crippen LogP contribution in [0.15, 0.2) is 23.0 Å². The van der Waals surface area contributed by atoms with Crippen molar-refractivity contribution in [3.63, 3.8) is 0 Å². The maximum absolute atomic E-state index is 11.6. The number of carbonyl (C=O) groups excluding carboxylic acids is 1. The van der Waals surface area contributed by atoms with Crippen LogP contribution in [0.25, 0.3) is 0 Å². The topological polar surface area (TPSA) is 54.3 Å². The van der Waals surface area contributed by atoms with Gasteiger partial charge in [-0.05, 0) is 44.3 Å². The smallest absolute Gasteiger partial charge is 0.220 e. The van der Waals surface area contributed by atoms with Gasteiger partial charge in [-0.25, -0.2) is 0 Å². The molecule has 0 atom stereocenters. The predicted molar refractivity (Wildman–Crippen MR) is 65.4 cm³/mol. The van der Waals surface area contributed by atoms with Crippen molar-refractivity contribution in [2.45, 2.75) is 32.2 Å². The molecule has 4 heteroatoms. The lowest BCUT2D eigenvalue weighted by molar-refractivity contribution is -0.121. The van der Waals surface area contributed by atoms with Gasteiger partial charge in [0.25, 0.3) is 0 Å². The summed E-state index contributed by atoms with van der Waals surface area (Å²) in [5, 5.41) is 6.25. The summed E-state index contributed by atoms with van der Waals surface area (Å²) in [6.07, 6.45) is 7.34. The van der Waals surface area contributed by atoms with Gasteiger partial charge in [0.15, 0.2) is 0 Å². The van der Waals surface area contributed by atoms with Gasteiger partial charge in [-0.3, -0.25) is 4.79 Å². The Balaban J connectivity index is 1.60. The fraction of sp³-hybridized carbons (Fsp3) is 0.615. The van der Waals surface area contributed by atoms with Gasteiger partial charge in [-0.2, -0.15) is 0 Å². The van der Waals surface area contributed by atoms with E-state index in [4.69, 9.17) is 4.42 Å². The number of piperidine rings is 1. The first kappa shape index (κ1) is 12.2. The van der Waals surface area contributed by atoms with Crippen molar-refractivity contribution in [1.82, 2.24) is 10.6 Å². The van der Waals surface area contributed by atoms with E-state index in [1.54, 1.807) is 12.5 Å². The molecule has 1 aliphatic rings. The largest absolute Gasteiger partial charge is 0.472 e. The van der Waals surface area contributed by atoms with Crippen LogP contribution in [0.2, 0.25) is 0 Å². The van der Waals surface area contributed by atoms with Crippen LogP contribution in [-0.2, 0) is 11.3 Å². The number of hydrogen-bond acceptors (Lipinski definition) is 3. The Labute approximate surface area is 102 Å². The average Bonchev–Trinajstić information content (AvgIpc) is 2.88. The first-order valence-corrected chi connectivity index (χ1v) is 6.33. The van der Waals surface area contributed by atoms with Gasteiger partial charge in [-0.15, -0.1) is 0 Å². The zero-order valence-electron chi connectivity index (χ0n) is 10.1. The molecule has 1 aromatic heterocycles. The van der Waals surface area contributed by atoms with Crippen molar-refractivity contribution in [1.29, 1.82) is 0 Å². The molecular weight excluding hydrogens is 216 g/mol. The number of hydrogen-bond donors (Lipinski definition) is 2. The normalized spacial score (nSPS) is 16.9. The van der Waals surface area contributed by atoms with Crippen LogP contribution in [0.1, 0.15) is 31.2 Å². The highest BCUT2D eigenvalue weighted by Crippen LogP contribution is 2.17.